The van der Waals surface area contributed by atoms with E-state index in [-0.39, 0.29) is 5.97 Å². The number of hydrogen-bond acceptors (Lipinski definition) is 5. The molecular formula is C24H26O5. The van der Waals surface area contributed by atoms with Crippen LogP contribution in [0.3, 0.4) is 0 Å². The molecule has 3 aromatic rings. The molecule has 3 rings (SSSR count). The lowest BCUT2D eigenvalue weighted by molar-refractivity contribution is -0.156. The minimum Gasteiger partial charge on any atom is -0.490 e. The molecule has 0 aliphatic carbocycles. The van der Waals surface area contributed by atoms with Crippen LogP contribution in [0.5, 0.6) is 5.75 Å². The average Bonchev–Trinajstić information content (AvgIpc) is 3.22. The molecular weight excluding hydrogens is 368 g/mol. The van der Waals surface area contributed by atoms with Crippen molar-refractivity contribution in [2.45, 2.75) is 26.4 Å². The van der Waals surface area contributed by atoms with Gasteiger partial charge in [0.1, 0.15) is 17.9 Å². The van der Waals surface area contributed by atoms with Gasteiger partial charge in [-0.15, -0.1) is 0 Å². The van der Waals surface area contributed by atoms with Gasteiger partial charge in [-0.1, -0.05) is 36.4 Å². The molecule has 1 heterocycles. The monoisotopic (exact) mass is 394 g/mol. The van der Waals surface area contributed by atoms with Gasteiger partial charge in [0.15, 0.2) is 6.10 Å². The van der Waals surface area contributed by atoms with E-state index in [0.717, 1.165) is 27.8 Å². The first-order chi connectivity index (χ1) is 14.2. The molecule has 0 N–H and O–H groups in total. The molecule has 0 fully saturated rings. The lowest BCUT2D eigenvalue weighted by atomic mass is 10.1. The summed E-state index contributed by atoms with van der Waals surface area (Å²) in [6.07, 6.45) is 5.53. The predicted octanol–water partition coefficient (Wildman–Crippen LogP) is 5.04. The zero-order valence-corrected chi connectivity index (χ0v) is 16.8. The largest absolute Gasteiger partial charge is 0.490 e. The maximum absolute atomic E-state index is 12.0. The highest BCUT2D eigenvalue weighted by molar-refractivity contribution is 5.85. The van der Waals surface area contributed by atoms with E-state index in [2.05, 4.69) is 0 Å². The van der Waals surface area contributed by atoms with Gasteiger partial charge in [-0.3, -0.25) is 0 Å². The van der Waals surface area contributed by atoms with E-state index in [1.807, 2.05) is 67.6 Å². The van der Waals surface area contributed by atoms with E-state index >= 15 is 0 Å². The van der Waals surface area contributed by atoms with Crippen molar-refractivity contribution in [1.29, 1.82) is 0 Å². The molecule has 152 valence electrons. The van der Waals surface area contributed by atoms with Crippen LogP contribution in [0.2, 0.25) is 0 Å². The van der Waals surface area contributed by atoms with Crippen LogP contribution in [0.1, 0.15) is 25.0 Å². The van der Waals surface area contributed by atoms with E-state index in [1.54, 1.807) is 13.2 Å². The van der Waals surface area contributed by atoms with E-state index in [4.69, 9.17) is 18.6 Å². The van der Waals surface area contributed by atoms with E-state index in [0.29, 0.717) is 26.2 Å². The Balaban J connectivity index is 1.53. The zero-order chi connectivity index (χ0) is 20.5. The molecule has 5 nitrogen and oxygen atoms in total. The van der Waals surface area contributed by atoms with Crippen molar-refractivity contribution in [3.05, 3.63) is 72.0 Å². The van der Waals surface area contributed by atoms with Gasteiger partial charge in [-0.05, 0) is 43.7 Å². The Bertz CT molecular complexity index is 939. The Labute approximate surface area is 170 Å². The van der Waals surface area contributed by atoms with Crippen molar-refractivity contribution in [2.24, 2.45) is 0 Å². The Hall–Kier alpha value is -3.05. The quantitative estimate of drug-likeness (QED) is 0.451. The first-order valence-electron chi connectivity index (χ1n) is 9.84. The zero-order valence-electron chi connectivity index (χ0n) is 16.8. The SMILES string of the molecule is CCOC(=O)[C@H](Cc1ccc(OCC=Cc2cccc3ccoc23)cc1)OCC. The number of para-hydroxylation sites is 1. The van der Waals surface area contributed by atoms with Crippen LogP contribution < -0.4 is 4.74 Å². The predicted molar refractivity (Wildman–Crippen MR) is 113 cm³/mol. The number of ether oxygens (including phenoxy) is 3. The van der Waals surface area contributed by atoms with Gasteiger partial charge in [-0.2, -0.15) is 0 Å². The fourth-order valence-corrected chi connectivity index (χ4v) is 3.05. The maximum Gasteiger partial charge on any atom is 0.335 e. The van der Waals surface area contributed by atoms with Crippen molar-refractivity contribution in [3.63, 3.8) is 0 Å². The van der Waals surface area contributed by atoms with Crippen LogP contribution in [0, 0.1) is 0 Å². The van der Waals surface area contributed by atoms with Crippen LogP contribution in [0.15, 0.2) is 65.3 Å². The molecule has 2 aromatic carbocycles. The van der Waals surface area contributed by atoms with Crippen molar-refractivity contribution in [2.75, 3.05) is 19.8 Å². The van der Waals surface area contributed by atoms with Crippen LogP contribution in [-0.4, -0.2) is 31.9 Å². The highest BCUT2D eigenvalue weighted by Gasteiger charge is 2.20. The third-order valence-corrected chi connectivity index (χ3v) is 4.41. The molecule has 0 radical (unpaired) electrons. The van der Waals surface area contributed by atoms with Crippen molar-refractivity contribution >= 4 is 23.0 Å². The number of carbonyl (C=O) groups excluding carboxylic acids is 1. The molecule has 0 aliphatic heterocycles. The molecule has 0 saturated carbocycles. The maximum atomic E-state index is 12.0. The van der Waals surface area contributed by atoms with E-state index < -0.39 is 6.10 Å². The topological polar surface area (TPSA) is 57.9 Å². The third-order valence-electron chi connectivity index (χ3n) is 4.41. The Morgan fingerprint density at radius 3 is 2.66 bits per heavy atom. The first kappa shape index (κ1) is 20.7. The number of esters is 1. The van der Waals surface area contributed by atoms with Crippen molar-refractivity contribution in [1.82, 2.24) is 0 Å². The second kappa shape index (κ2) is 10.5. The third kappa shape index (κ3) is 5.72. The number of carbonyl (C=O) groups is 1. The second-order valence-corrected chi connectivity index (χ2v) is 6.44. The molecule has 29 heavy (non-hydrogen) atoms. The summed E-state index contributed by atoms with van der Waals surface area (Å²) in [6.45, 7) is 4.90. The molecule has 0 saturated heterocycles. The first-order valence-corrected chi connectivity index (χ1v) is 9.84. The molecule has 1 aromatic heterocycles. The summed E-state index contributed by atoms with van der Waals surface area (Å²) >= 11 is 0. The lowest BCUT2D eigenvalue weighted by Crippen LogP contribution is -2.28. The number of rotatable bonds is 10. The fourth-order valence-electron chi connectivity index (χ4n) is 3.05. The molecule has 0 amide bonds. The van der Waals surface area contributed by atoms with Crippen LogP contribution in [0.25, 0.3) is 17.0 Å². The Kier molecular flexibility index (Phi) is 7.47. The number of fused-ring (bicyclic) bond motifs is 1. The minimum atomic E-state index is -0.584. The number of hydrogen-bond donors (Lipinski definition) is 0. The average molecular weight is 394 g/mol. The Morgan fingerprint density at radius 1 is 1.07 bits per heavy atom. The smallest absolute Gasteiger partial charge is 0.335 e. The number of benzene rings is 2. The van der Waals surface area contributed by atoms with Crippen molar-refractivity contribution in [3.8, 4) is 5.75 Å². The van der Waals surface area contributed by atoms with Crippen LogP contribution in [0.4, 0.5) is 0 Å². The van der Waals surface area contributed by atoms with Crippen LogP contribution >= 0.6 is 0 Å². The summed E-state index contributed by atoms with van der Waals surface area (Å²) < 4.78 is 21.9. The molecule has 1 atom stereocenters. The van der Waals surface area contributed by atoms with Gasteiger partial charge in [0.2, 0.25) is 0 Å². The summed E-state index contributed by atoms with van der Waals surface area (Å²) in [4.78, 5) is 12.0. The second-order valence-electron chi connectivity index (χ2n) is 6.44. The Morgan fingerprint density at radius 2 is 1.90 bits per heavy atom. The van der Waals surface area contributed by atoms with E-state index in [1.165, 1.54) is 0 Å². The van der Waals surface area contributed by atoms with Gasteiger partial charge >= 0.3 is 5.97 Å². The number of furan rings is 1. The summed E-state index contributed by atoms with van der Waals surface area (Å²) in [7, 11) is 0. The lowest BCUT2D eigenvalue weighted by Gasteiger charge is -2.15. The summed E-state index contributed by atoms with van der Waals surface area (Å²) in [5.74, 6) is 0.435. The summed E-state index contributed by atoms with van der Waals surface area (Å²) in [5, 5.41) is 1.08. The van der Waals surface area contributed by atoms with Gasteiger partial charge in [-0.25, -0.2) is 4.79 Å². The summed E-state index contributed by atoms with van der Waals surface area (Å²) in [5.41, 5.74) is 2.88. The van der Waals surface area contributed by atoms with E-state index in [9.17, 15) is 4.79 Å². The van der Waals surface area contributed by atoms with Gasteiger partial charge < -0.3 is 18.6 Å². The minimum absolute atomic E-state index is 0.327. The molecule has 0 unspecified atom stereocenters. The highest BCUT2D eigenvalue weighted by atomic mass is 16.6. The van der Waals surface area contributed by atoms with Gasteiger partial charge in [0.25, 0.3) is 0 Å². The molecule has 5 heteroatoms. The van der Waals surface area contributed by atoms with Gasteiger partial charge in [0.05, 0.1) is 12.9 Å². The summed E-state index contributed by atoms with van der Waals surface area (Å²) in [6, 6.07) is 15.6. The van der Waals surface area contributed by atoms with Crippen molar-refractivity contribution < 1.29 is 23.4 Å². The normalized spacial score (nSPS) is 12.3. The fraction of sp³-hybridized carbons (Fsp3) is 0.292. The van der Waals surface area contributed by atoms with Crippen LogP contribution in [-0.2, 0) is 20.7 Å². The van der Waals surface area contributed by atoms with Gasteiger partial charge in [0, 0.05) is 24.0 Å². The highest BCUT2D eigenvalue weighted by Crippen LogP contribution is 2.21. The molecule has 0 aliphatic rings. The molecule has 0 bridgehead atoms. The standard InChI is InChI=1S/C24H26O5/c1-3-26-22(24(25)27-4-2)17-18-10-12-21(13-11-18)28-15-6-9-19-7-5-8-20-14-16-29-23(19)20/h5-14,16,22H,3-4,15,17H2,1-2H3/t22-/m0/s1. The molecule has 0 spiro atoms.